The summed E-state index contributed by atoms with van der Waals surface area (Å²) in [7, 11) is 3.66. The average molecular weight is 356 g/mol. The Hall–Kier alpha value is -2.27. The molecule has 0 saturated heterocycles. The van der Waals surface area contributed by atoms with Crippen molar-refractivity contribution in [2.24, 2.45) is 0 Å². The number of carbonyl (C=O) groups is 1. The number of methoxy groups -OCH3 is 1. The van der Waals surface area contributed by atoms with Crippen molar-refractivity contribution in [3.8, 4) is 5.75 Å². The van der Waals surface area contributed by atoms with E-state index in [4.69, 9.17) is 9.15 Å². The van der Waals surface area contributed by atoms with Gasteiger partial charge in [-0.3, -0.25) is 9.69 Å². The molecular formula is C21H28N2O3. The van der Waals surface area contributed by atoms with E-state index in [1.54, 1.807) is 7.11 Å². The van der Waals surface area contributed by atoms with Crippen LogP contribution in [0.4, 0.5) is 0 Å². The fourth-order valence-electron chi connectivity index (χ4n) is 3.12. The first-order chi connectivity index (χ1) is 12.5. The average Bonchev–Trinajstić information content (AvgIpc) is 3.40. The number of hydrogen-bond acceptors (Lipinski definition) is 4. The van der Waals surface area contributed by atoms with Crippen molar-refractivity contribution < 1.29 is 13.9 Å². The number of aryl methyl sites for hydroxylation is 1. The summed E-state index contributed by atoms with van der Waals surface area (Å²) in [5, 5.41) is 0. The Bertz CT molecular complexity index is 734. The number of hydrogen-bond donors (Lipinski definition) is 0. The van der Waals surface area contributed by atoms with Gasteiger partial charge in [-0.25, -0.2) is 0 Å². The lowest BCUT2D eigenvalue weighted by Gasteiger charge is -2.28. The van der Waals surface area contributed by atoms with Gasteiger partial charge in [0, 0.05) is 12.1 Å². The first-order valence-electron chi connectivity index (χ1n) is 9.17. The van der Waals surface area contributed by atoms with Gasteiger partial charge in [-0.15, -0.1) is 0 Å². The molecule has 140 valence electrons. The first-order valence-corrected chi connectivity index (χ1v) is 9.17. The van der Waals surface area contributed by atoms with Gasteiger partial charge < -0.3 is 14.1 Å². The van der Waals surface area contributed by atoms with Gasteiger partial charge in [-0.2, -0.15) is 0 Å². The number of carbonyl (C=O) groups excluding carboxylic acids is 1. The number of likely N-dealkylation sites (N-methyl/N-ethyl adjacent to an activating group) is 1. The Morgan fingerprint density at radius 3 is 2.46 bits per heavy atom. The summed E-state index contributed by atoms with van der Waals surface area (Å²) in [5.74, 6) is 2.74. The van der Waals surface area contributed by atoms with E-state index in [2.05, 4.69) is 24.0 Å². The standard InChI is InChI=1S/C21H28N2O3/c1-15-5-10-20(26-15)13-23(18-8-9-18)21(24)14-22(3)16(2)17-6-11-19(25-4)12-7-17/h5-7,10-12,16,18H,8-9,13-14H2,1-4H3. The molecular weight excluding hydrogens is 328 g/mol. The maximum atomic E-state index is 12.9. The van der Waals surface area contributed by atoms with E-state index in [0.717, 1.165) is 30.1 Å². The summed E-state index contributed by atoms with van der Waals surface area (Å²) in [6.45, 7) is 5.00. The monoisotopic (exact) mass is 356 g/mol. The van der Waals surface area contributed by atoms with E-state index >= 15 is 0 Å². The number of benzene rings is 1. The molecule has 1 aliphatic carbocycles. The number of amides is 1. The molecule has 1 atom stereocenters. The molecule has 1 aromatic heterocycles. The van der Waals surface area contributed by atoms with E-state index < -0.39 is 0 Å². The maximum Gasteiger partial charge on any atom is 0.237 e. The second-order valence-electron chi connectivity index (χ2n) is 7.13. The molecule has 1 unspecified atom stereocenters. The highest BCUT2D eigenvalue weighted by atomic mass is 16.5. The van der Waals surface area contributed by atoms with Gasteiger partial charge in [0.2, 0.25) is 5.91 Å². The second-order valence-corrected chi connectivity index (χ2v) is 7.13. The molecule has 1 fully saturated rings. The van der Waals surface area contributed by atoms with Crippen LogP contribution in [0, 0.1) is 6.92 Å². The predicted octanol–water partition coefficient (Wildman–Crippen LogP) is 3.78. The molecule has 1 aliphatic rings. The van der Waals surface area contributed by atoms with Gasteiger partial charge in [0.15, 0.2) is 0 Å². The van der Waals surface area contributed by atoms with Crippen LogP contribution in [0.25, 0.3) is 0 Å². The van der Waals surface area contributed by atoms with Crippen LogP contribution in [-0.4, -0.2) is 42.5 Å². The van der Waals surface area contributed by atoms with Crippen LogP contribution in [0.1, 0.15) is 42.9 Å². The minimum Gasteiger partial charge on any atom is -0.497 e. The van der Waals surface area contributed by atoms with Crippen molar-refractivity contribution in [2.45, 2.75) is 45.3 Å². The molecule has 0 radical (unpaired) electrons. The lowest BCUT2D eigenvalue weighted by atomic mass is 10.1. The third-order valence-electron chi connectivity index (χ3n) is 5.07. The zero-order chi connectivity index (χ0) is 18.7. The number of rotatable bonds is 8. The minimum absolute atomic E-state index is 0.150. The molecule has 26 heavy (non-hydrogen) atoms. The van der Waals surface area contributed by atoms with Gasteiger partial charge in [0.25, 0.3) is 0 Å². The zero-order valence-corrected chi connectivity index (χ0v) is 16.1. The number of ether oxygens (including phenoxy) is 1. The minimum atomic E-state index is 0.150. The summed E-state index contributed by atoms with van der Waals surface area (Å²) in [5.41, 5.74) is 1.17. The Labute approximate surface area is 155 Å². The third-order valence-corrected chi connectivity index (χ3v) is 5.07. The third kappa shape index (κ3) is 4.47. The van der Waals surface area contributed by atoms with Gasteiger partial charge in [-0.05, 0) is 63.6 Å². The predicted molar refractivity (Wildman–Crippen MR) is 101 cm³/mol. The largest absolute Gasteiger partial charge is 0.497 e. The van der Waals surface area contributed by atoms with Crippen molar-refractivity contribution in [1.29, 1.82) is 0 Å². The van der Waals surface area contributed by atoms with Crippen LogP contribution < -0.4 is 4.74 Å². The number of nitrogens with zero attached hydrogens (tertiary/aromatic N) is 2. The molecule has 5 heteroatoms. The van der Waals surface area contributed by atoms with Crippen LogP contribution in [0.15, 0.2) is 40.8 Å². The van der Waals surface area contributed by atoms with Crippen molar-refractivity contribution in [2.75, 3.05) is 20.7 Å². The van der Waals surface area contributed by atoms with Gasteiger partial charge in [-0.1, -0.05) is 12.1 Å². The molecule has 1 amide bonds. The molecule has 0 N–H and O–H groups in total. The molecule has 0 aliphatic heterocycles. The summed E-state index contributed by atoms with van der Waals surface area (Å²) >= 11 is 0. The van der Waals surface area contributed by atoms with E-state index in [-0.39, 0.29) is 11.9 Å². The van der Waals surface area contributed by atoms with Gasteiger partial charge in [0.05, 0.1) is 20.2 Å². The highest BCUT2D eigenvalue weighted by Crippen LogP contribution is 2.29. The summed E-state index contributed by atoms with van der Waals surface area (Å²) in [4.78, 5) is 17.0. The molecule has 3 rings (SSSR count). The van der Waals surface area contributed by atoms with Crippen LogP contribution >= 0.6 is 0 Å². The van der Waals surface area contributed by atoms with Crippen molar-refractivity contribution in [3.63, 3.8) is 0 Å². The quantitative estimate of drug-likeness (QED) is 0.722. The van der Waals surface area contributed by atoms with E-state index in [9.17, 15) is 4.79 Å². The Kier molecular flexibility index (Phi) is 5.67. The molecule has 2 aromatic rings. The normalized spacial score (nSPS) is 15.1. The topological polar surface area (TPSA) is 45.9 Å². The molecule has 5 nitrogen and oxygen atoms in total. The molecule has 1 aromatic carbocycles. The Balaban J connectivity index is 1.62. The lowest BCUT2D eigenvalue weighted by Crippen LogP contribution is -2.40. The van der Waals surface area contributed by atoms with Crippen LogP contribution in [0.2, 0.25) is 0 Å². The van der Waals surface area contributed by atoms with Gasteiger partial charge >= 0.3 is 0 Å². The summed E-state index contributed by atoms with van der Waals surface area (Å²) in [6, 6.07) is 12.4. The summed E-state index contributed by atoms with van der Waals surface area (Å²) in [6.07, 6.45) is 2.17. The maximum absolute atomic E-state index is 12.9. The van der Waals surface area contributed by atoms with E-state index in [1.165, 1.54) is 5.56 Å². The summed E-state index contributed by atoms with van der Waals surface area (Å²) < 4.78 is 10.9. The van der Waals surface area contributed by atoms with E-state index in [1.807, 2.05) is 43.1 Å². The molecule has 0 bridgehead atoms. The van der Waals surface area contributed by atoms with Crippen molar-refractivity contribution in [1.82, 2.24) is 9.80 Å². The highest BCUT2D eigenvalue weighted by Gasteiger charge is 2.33. The lowest BCUT2D eigenvalue weighted by molar-refractivity contribution is -0.134. The molecule has 0 spiro atoms. The highest BCUT2D eigenvalue weighted by molar-refractivity contribution is 5.79. The fraction of sp³-hybridized carbons (Fsp3) is 0.476. The first kappa shape index (κ1) is 18.5. The smallest absolute Gasteiger partial charge is 0.237 e. The Morgan fingerprint density at radius 2 is 1.92 bits per heavy atom. The number of furan rings is 1. The van der Waals surface area contributed by atoms with Crippen LogP contribution in [0.3, 0.4) is 0 Å². The zero-order valence-electron chi connectivity index (χ0n) is 16.1. The fourth-order valence-corrected chi connectivity index (χ4v) is 3.12. The molecule has 1 saturated carbocycles. The van der Waals surface area contributed by atoms with Crippen LogP contribution in [0.5, 0.6) is 5.75 Å². The second kappa shape index (κ2) is 7.96. The van der Waals surface area contributed by atoms with Crippen LogP contribution in [-0.2, 0) is 11.3 Å². The van der Waals surface area contributed by atoms with E-state index in [0.29, 0.717) is 19.1 Å². The van der Waals surface area contributed by atoms with Crippen molar-refractivity contribution in [3.05, 3.63) is 53.5 Å². The molecule has 1 heterocycles. The van der Waals surface area contributed by atoms with Crippen molar-refractivity contribution >= 4 is 5.91 Å². The SMILES string of the molecule is COc1ccc(C(C)N(C)CC(=O)N(Cc2ccc(C)o2)C2CC2)cc1. The Morgan fingerprint density at radius 1 is 1.23 bits per heavy atom. The van der Waals surface area contributed by atoms with Gasteiger partial charge in [0.1, 0.15) is 17.3 Å².